The van der Waals surface area contributed by atoms with Crippen molar-refractivity contribution in [3.05, 3.63) is 41.6 Å². The van der Waals surface area contributed by atoms with E-state index >= 15 is 0 Å². The fourth-order valence-corrected chi connectivity index (χ4v) is 3.31. The second kappa shape index (κ2) is 7.20. The number of nitrogens with zero attached hydrogens (tertiary/aromatic N) is 3. The Bertz CT molecular complexity index is 662. The first kappa shape index (κ1) is 16.7. The van der Waals surface area contributed by atoms with Crippen molar-refractivity contribution < 1.29 is 0 Å². The van der Waals surface area contributed by atoms with Gasteiger partial charge in [0.25, 0.3) is 0 Å². The molecule has 2 aromatic rings. The van der Waals surface area contributed by atoms with E-state index < -0.39 is 0 Å². The highest BCUT2D eigenvalue weighted by atomic mass is 15.3. The largest absolute Gasteiger partial charge is 0.341 e. The van der Waals surface area contributed by atoms with Gasteiger partial charge in [0, 0.05) is 25.0 Å². The molecule has 1 aliphatic rings. The Morgan fingerprint density at radius 1 is 0.958 bits per heavy atom. The molecule has 0 unspecified atom stereocenters. The fourth-order valence-electron chi connectivity index (χ4n) is 3.31. The third-order valence-electron chi connectivity index (χ3n) is 4.66. The quantitative estimate of drug-likeness (QED) is 0.834. The molecule has 0 aliphatic carbocycles. The second-order valence-electron chi connectivity index (χ2n) is 7.18. The average molecular weight is 324 g/mol. The van der Waals surface area contributed by atoms with E-state index in [0.29, 0.717) is 11.8 Å². The number of rotatable bonds is 5. The lowest BCUT2D eigenvalue weighted by atomic mass is 9.92. The summed E-state index contributed by atoms with van der Waals surface area (Å²) in [6, 6.07) is 8.54. The van der Waals surface area contributed by atoms with Crippen LogP contribution in [0.1, 0.15) is 63.5 Å². The molecule has 1 aromatic carbocycles. The van der Waals surface area contributed by atoms with Crippen LogP contribution in [0.15, 0.2) is 30.5 Å². The van der Waals surface area contributed by atoms with E-state index in [9.17, 15) is 0 Å². The molecule has 0 radical (unpaired) electrons. The first-order chi connectivity index (χ1) is 11.6. The zero-order valence-corrected chi connectivity index (χ0v) is 15.2. The molecule has 4 heteroatoms. The molecular weight excluding hydrogens is 296 g/mol. The van der Waals surface area contributed by atoms with Gasteiger partial charge >= 0.3 is 0 Å². The molecule has 1 aromatic heterocycles. The van der Waals surface area contributed by atoms with Crippen molar-refractivity contribution in [1.82, 2.24) is 9.97 Å². The Balaban J connectivity index is 1.94. The van der Waals surface area contributed by atoms with Crippen molar-refractivity contribution in [2.45, 2.75) is 52.4 Å². The Morgan fingerprint density at radius 3 is 2.17 bits per heavy atom. The van der Waals surface area contributed by atoms with Crippen LogP contribution in [0.4, 0.5) is 17.5 Å². The zero-order chi connectivity index (χ0) is 17.1. The molecule has 0 spiro atoms. The van der Waals surface area contributed by atoms with Crippen LogP contribution in [0.5, 0.6) is 0 Å². The Morgan fingerprint density at radius 2 is 1.58 bits per heavy atom. The maximum Gasteiger partial charge on any atom is 0.227 e. The maximum atomic E-state index is 4.75. The Labute approximate surface area is 145 Å². The van der Waals surface area contributed by atoms with Crippen molar-refractivity contribution in [2.75, 3.05) is 23.3 Å². The monoisotopic (exact) mass is 324 g/mol. The summed E-state index contributed by atoms with van der Waals surface area (Å²) in [6.45, 7) is 11.1. The summed E-state index contributed by atoms with van der Waals surface area (Å²) >= 11 is 0. The smallest absolute Gasteiger partial charge is 0.227 e. The van der Waals surface area contributed by atoms with Crippen molar-refractivity contribution in [3.8, 4) is 0 Å². The Hall–Kier alpha value is -2.10. The minimum absolute atomic E-state index is 0.464. The first-order valence-corrected chi connectivity index (χ1v) is 9.04. The second-order valence-corrected chi connectivity index (χ2v) is 7.18. The van der Waals surface area contributed by atoms with Gasteiger partial charge in [-0.1, -0.05) is 45.9 Å². The van der Waals surface area contributed by atoms with Gasteiger partial charge in [0.05, 0.1) is 0 Å². The highest BCUT2D eigenvalue weighted by molar-refractivity contribution is 5.67. The standard InChI is InChI=1S/C20H28N4/c1-14(2)16-8-7-9-17(15(3)4)19(16)22-18-10-11-21-20(23-18)24-12-5-6-13-24/h7-11,14-15H,5-6,12-13H2,1-4H3,(H,21,22,23). The lowest BCUT2D eigenvalue weighted by Gasteiger charge is -2.21. The number of benzene rings is 1. The van der Waals surface area contributed by atoms with E-state index in [4.69, 9.17) is 4.98 Å². The fraction of sp³-hybridized carbons (Fsp3) is 0.500. The summed E-state index contributed by atoms with van der Waals surface area (Å²) in [5, 5.41) is 3.59. The van der Waals surface area contributed by atoms with E-state index in [-0.39, 0.29) is 0 Å². The van der Waals surface area contributed by atoms with Gasteiger partial charge in [0.15, 0.2) is 0 Å². The van der Waals surface area contributed by atoms with Crippen LogP contribution in [-0.4, -0.2) is 23.1 Å². The van der Waals surface area contributed by atoms with E-state index in [1.165, 1.54) is 29.7 Å². The SMILES string of the molecule is CC(C)c1cccc(C(C)C)c1Nc1ccnc(N2CCCC2)n1. The molecular formula is C20H28N4. The topological polar surface area (TPSA) is 41.1 Å². The predicted octanol–water partition coefficient (Wildman–Crippen LogP) is 5.07. The van der Waals surface area contributed by atoms with Gasteiger partial charge in [-0.2, -0.15) is 4.98 Å². The van der Waals surface area contributed by atoms with Gasteiger partial charge in [0.1, 0.15) is 5.82 Å². The summed E-state index contributed by atoms with van der Waals surface area (Å²) in [5.41, 5.74) is 3.87. The lowest BCUT2D eigenvalue weighted by Crippen LogP contribution is -2.20. The number of anilines is 3. The maximum absolute atomic E-state index is 4.75. The summed E-state index contributed by atoms with van der Waals surface area (Å²) in [5.74, 6) is 2.64. The van der Waals surface area contributed by atoms with Crippen molar-refractivity contribution in [3.63, 3.8) is 0 Å². The summed E-state index contributed by atoms with van der Waals surface area (Å²) in [7, 11) is 0. The summed E-state index contributed by atoms with van der Waals surface area (Å²) in [6.07, 6.45) is 4.32. The zero-order valence-electron chi connectivity index (χ0n) is 15.2. The van der Waals surface area contributed by atoms with Gasteiger partial charge in [-0.05, 0) is 41.9 Å². The van der Waals surface area contributed by atoms with Gasteiger partial charge in [-0.3, -0.25) is 0 Å². The molecule has 24 heavy (non-hydrogen) atoms. The number of hydrogen-bond acceptors (Lipinski definition) is 4. The van der Waals surface area contributed by atoms with E-state index in [2.05, 4.69) is 61.1 Å². The molecule has 0 amide bonds. The molecule has 0 atom stereocenters. The average Bonchev–Trinajstić information content (AvgIpc) is 3.09. The molecule has 0 saturated carbocycles. The minimum Gasteiger partial charge on any atom is -0.341 e. The Kier molecular flexibility index (Phi) is 5.03. The minimum atomic E-state index is 0.464. The van der Waals surface area contributed by atoms with Crippen LogP contribution < -0.4 is 10.2 Å². The molecule has 1 saturated heterocycles. The van der Waals surface area contributed by atoms with E-state index in [1.54, 1.807) is 0 Å². The van der Waals surface area contributed by atoms with Gasteiger partial charge < -0.3 is 10.2 Å². The normalized spacial score (nSPS) is 14.7. The number of para-hydroxylation sites is 1. The van der Waals surface area contributed by atoms with Crippen LogP contribution in [0.25, 0.3) is 0 Å². The van der Waals surface area contributed by atoms with Crippen LogP contribution >= 0.6 is 0 Å². The van der Waals surface area contributed by atoms with E-state index in [0.717, 1.165) is 24.9 Å². The van der Waals surface area contributed by atoms with Gasteiger partial charge in [0.2, 0.25) is 5.95 Å². The van der Waals surface area contributed by atoms with Crippen molar-refractivity contribution in [2.24, 2.45) is 0 Å². The number of nitrogens with one attached hydrogen (secondary N) is 1. The van der Waals surface area contributed by atoms with Crippen LogP contribution in [0.3, 0.4) is 0 Å². The number of hydrogen-bond donors (Lipinski definition) is 1. The van der Waals surface area contributed by atoms with Gasteiger partial charge in [-0.15, -0.1) is 0 Å². The van der Waals surface area contributed by atoms with Crippen LogP contribution in [-0.2, 0) is 0 Å². The summed E-state index contributed by atoms with van der Waals surface area (Å²) in [4.78, 5) is 11.5. The molecule has 2 heterocycles. The van der Waals surface area contributed by atoms with Crippen LogP contribution in [0, 0.1) is 0 Å². The molecule has 0 bridgehead atoms. The molecule has 3 rings (SSSR count). The van der Waals surface area contributed by atoms with Crippen molar-refractivity contribution in [1.29, 1.82) is 0 Å². The molecule has 1 fully saturated rings. The highest BCUT2D eigenvalue weighted by Crippen LogP contribution is 2.34. The van der Waals surface area contributed by atoms with Crippen LogP contribution in [0.2, 0.25) is 0 Å². The summed E-state index contributed by atoms with van der Waals surface area (Å²) < 4.78 is 0. The van der Waals surface area contributed by atoms with E-state index in [1.807, 2.05) is 12.3 Å². The first-order valence-electron chi connectivity index (χ1n) is 9.04. The van der Waals surface area contributed by atoms with Crippen molar-refractivity contribution >= 4 is 17.5 Å². The van der Waals surface area contributed by atoms with Gasteiger partial charge in [-0.25, -0.2) is 4.98 Å². The third kappa shape index (κ3) is 3.53. The lowest BCUT2D eigenvalue weighted by molar-refractivity contribution is 0.837. The molecule has 1 aliphatic heterocycles. The molecule has 4 nitrogen and oxygen atoms in total. The predicted molar refractivity (Wildman–Crippen MR) is 101 cm³/mol. The molecule has 128 valence electrons. The number of aromatic nitrogens is 2. The molecule has 1 N–H and O–H groups in total. The third-order valence-corrected chi connectivity index (χ3v) is 4.66. The highest BCUT2D eigenvalue weighted by Gasteiger charge is 2.17.